The summed E-state index contributed by atoms with van der Waals surface area (Å²) in [6.07, 6.45) is -10.9. The molecule has 0 atom stereocenters. The molecule has 0 aliphatic heterocycles. The van der Waals surface area contributed by atoms with Crippen molar-refractivity contribution in [3.63, 3.8) is 0 Å². The Morgan fingerprint density at radius 1 is 1.07 bits per heavy atom. The average Bonchev–Trinajstić information content (AvgIpc) is 1.94. The summed E-state index contributed by atoms with van der Waals surface area (Å²) in [7, 11) is 0. The molecule has 0 unspecified atom stereocenters. The predicted molar refractivity (Wildman–Crippen MR) is 39.7 cm³/mol. The third kappa shape index (κ3) is 4.53. The largest absolute Gasteiger partial charge is 0.406 e. The first kappa shape index (κ1) is 14.2. The van der Waals surface area contributed by atoms with Crippen LogP contribution in [0.5, 0.6) is 0 Å². The van der Waals surface area contributed by atoms with Crippen molar-refractivity contribution in [1.82, 2.24) is 0 Å². The Kier molecular flexibility index (Phi) is 4.61. The minimum absolute atomic E-state index is 0.158. The van der Waals surface area contributed by atoms with Gasteiger partial charge in [-0.15, -0.1) is 0 Å². The quantitative estimate of drug-likeness (QED) is 0.640. The number of rotatable bonds is 3. The summed E-state index contributed by atoms with van der Waals surface area (Å²) in [6.45, 7) is 1.51. The highest BCUT2D eigenvalue weighted by Crippen LogP contribution is 2.44. The van der Waals surface area contributed by atoms with E-state index in [0.717, 1.165) is 0 Å². The maximum absolute atomic E-state index is 12.7. The zero-order valence-corrected chi connectivity index (χ0v) is 7.71. The van der Waals surface area contributed by atoms with E-state index >= 15 is 0 Å². The normalized spacial score (nSPS) is 14.9. The molecule has 0 heterocycles. The molecule has 0 amide bonds. The molecule has 0 spiro atoms. The van der Waals surface area contributed by atoms with Crippen molar-refractivity contribution in [2.24, 2.45) is 5.92 Å². The van der Waals surface area contributed by atoms with Gasteiger partial charge in [-0.25, -0.2) is 4.39 Å². The zero-order chi connectivity index (χ0) is 12.3. The SMILES string of the molecule is CCC/C=C(\F)C(C(F)(F)F)C(F)(F)F. The number of unbranched alkanes of at least 4 members (excludes halogenated alkanes) is 1. The summed E-state index contributed by atoms with van der Waals surface area (Å²) in [5, 5.41) is 0. The zero-order valence-electron chi connectivity index (χ0n) is 7.71. The Labute approximate surface area is 81.8 Å². The van der Waals surface area contributed by atoms with Gasteiger partial charge in [-0.1, -0.05) is 19.4 Å². The van der Waals surface area contributed by atoms with Gasteiger partial charge in [0.05, 0.1) is 0 Å². The van der Waals surface area contributed by atoms with Gasteiger partial charge in [-0.2, -0.15) is 26.3 Å². The Hall–Kier alpha value is -0.750. The van der Waals surface area contributed by atoms with Crippen LogP contribution in [0.1, 0.15) is 19.8 Å². The highest BCUT2D eigenvalue weighted by Gasteiger charge is 2.59. The first-order chi connectivity index (χ1) is 6.60. The van der Waals surface area contributed by atoms with Crippen LogP contribution in [0.4, 0.5) is 30.7 Å². The van der Waals surface area contributed by atoms with Crippen LogP contribution in [0.25, 0.3) is 0 Å². The third-order valence-corrected chi connectivity index (χ3v) is 1.56. The highest BCUT2D eigenvalue weighted by atomic mass is 19.4. The Morgan fingerprint density at radius 2 is 1.47 bits per heavy atom. The van der Waals surface area contributed by atoms with Gasteiger partial charge in [0.2, 0.25) is 5.92 Å². The summed E-state index contributed by atoms with van der Waals surface area (Å²) >= 11 is 0. The highest BCUT2D eigenvalue weighted by molar-refractivity contribution is 5.03. The summed E-state index contributed by atoms with van der Waals surface area (Å²) in [5.41, 5.74) is 0. The third-order valence-electron chi connectivity index (χ3n) is 1.56. The van der Waals surface area contributed by atoms with Crippen LogP contribution >= 0.6 is 0 Å². The molecule has 0 nitrogen and oxygen atoms in total. The summed E-state index contributed by atoms with van der Waals surface area (Å²) < 4.78 is 84.0. The van der Waals surface area contributed by atoms with Gasteiger partial charge in [0.15, 0.2) is 0 Å². The number of halogens is 7. The van der Waals surface area contributed by atoms with Crippen LogP contribution in [0.2, 0.25) is 0 Å². The lowest BCUT2D eigenvalue weighted by atomic mass is 10.1. The van der Waals surface area contributed by atoms with E-state index in [2.05, 4.69) is 0 Å². The van der Waals surface area contributed by atoms with Crippen molar-refractivity contribution >= 4 is 0 Å². The van der Waals surface area contributed by atoms with Crippen LogP contribution < -0.4 is 0 Å². The van der Waals surface area contributed by atoms with E-state index in [1.54, 1.807) is 0 Å². The molecule has 0 aromatic rings. The molecule has 0 aliphatic rings. The van der Waals surface area contributed by atoms with E-state index in [1.807, 2.05) is 0 Å². The van der Waals surface area contributed by atoms with Crippen molar-refractivity contribution in [2.75, 3.05) is 0 Å². The fraction of sp³-hybridized carbons (Fsp3) is 0.750. The number of alkyl halides is 6. The number of hydrogen-bond acceptors (Lipinski definition) is 0. The fourth-order valence-corrected chi connectivity index (χ4v) is 0.898. The van der Waals surface area contributed by atoms with Crippen LogP contribution in [-0.4, -0.2) is 12.4 Å². The molecule has 0 saturated heterocycles. The van der Waals surface area contributed by atoms with E-state index in [0.29, 0.717) is 6.08 Å². The number of hydrogen-bond donors (Lipinski definition) is 0. The van der Waals surface area contributed by atoms with Gasteiger partial charge in [0.25, 0.3) is 0 Å². The second-order valence-electron chi connectivity index (χ2n) is 2.89. The Bertz CT molecular complexity index is 208. The van der Waals surface area contributed by atoms with Crippen molar-refractivity contribution in [1.29, 1.82) is 0 Å². The van der Waals surface area contributed by atoms with E-state index in [-0.39, 0.29) is 12.8 Å². The van der Waals surface area contributed by atoms with Crippen LogP contribution in [0, 0.1) is 5.92 Å². The molecule has 0 rings (SSSR count). The second kappa shape index (κ2) is 4.85. The molecule has 0 bridgehead atoms. The van der Waals surface area contributed by atoms with E-state index in [9.17, 15) is 30.7 Å². The minimum atomic E-state index is -5.65. The molecular formula is C8H9F7. The van der Waals surface area contributed by atoms with Gasteiger partial charge in [-0.3, -0.25) is 0 Å². The molecule has 0 fully saturated rings. The van der Waals surface area contributed by atoms with Gasteiger partial charge in [-0.05, 0) is 6.42 Å². The maximum Gasteiger partial charge on any atom is 0.406 e. The topological polar surface area (TPSA) is 0 Å². The predicted octanol–water partition coefficient (Wildman–Crippen LogP) is 4.38. The molecule has 0 saturated carbocycles. The second-order valence-corrected chi connectivity index (χ2v) is 2.89. The molecule has 0 aliphatic carbocycles. The lowest BCUT2D eigenvalue weighted by molar-refractivity contribution is -0.275. The van der Waals surface area contributed by atoms with E-state index < -0.39 is 24.1 Å². The van der Waals surface area contributed by atoms with E-state index in [4.69, 9.17) is 0 Å². The average molecular weight is 238 g/mol. The van der Waals surface area contributed by atoms with Gasteiger partial charge in [0.1, 0.15) is 5.83 Å². The molecule has 15 heavy (non-hydrogen) atoms. The first-order valence-electron chi connectivity index (χ1n) is 4.09. The molecule has 90 valence electrons. The summed E-state index contributed by atoms with van der Waals surface area (Å²) in [5.74, 6) is -6.19. The molecule has 0 radical (unpaired) electrons. The lowest BCUT2D eigenvalue weighted by Gasteiger charge is -2.21. The van der Waals surface area contributed by atoms with Crippen molar-refractivity contribution in [3.05, 3.63) is 11.9 Å². The smallest absolute Gasteiger partial charge is 0.211 e. The monoisotopic (exact) mass is 238 g/mol. The Balaban J connectivity index is 4.97. The van der Waals surface area contributed by atoms with Crippen LogP contribution in [0.15, 0.2) is 11.9 Å². The van der Waals surface area contributed by atoms with E-state index in [1.165, 1.54) is 6.92 Å². The lowest BCUT2D eigenvalue weighted by Crippen LogP contribution is -2.36. The molecule has 0 aromatic heterocycles. The van der Waals surface area contributed by atoms with Gasteiger partial charge >= 0.3 is 12.4 Å². The van der Waals surface area contributed by atoms with Gasteiger partial charge in [0, 0.05) is 0 Å². The maximum atomic E-state index is 12.7. The minimum Gasteiger partial charge on any atom is -0.211 e. The Morgan fingerprint density at radius 3 is 1.73 bits per heavy atom. The van der Waals surface area contributed by atoms with Crippen molar-refractivity contribution in [3.8, 4) is 0 Å². The fourth-order valence-electron chi connectivity index (χ4n) is 0.898. The van der Waals surface area contributed by atoms with Crippen molar-refractivity contribution < 1.29 is 30.7 Å². The standard InChI is InChI=1S/C8H9F7/c1-2-3-4-5(9)6(7(10,11)12)8(13,14)15/h4,6H,2-3H2,1H3/b5-4-. The van der Waals surface area contributed by atoms with Crippen LogP contribution in [-0.2, 0) is 0 Å². The molecule has 0 N–H and O–H groups in total. The first-order valence-corrected chi connectivity index (χ1v) is 4.09. The molecular weight excluding hydrogens is 229 g/mol. The summed E-state index contributed by atoms with van der Waals surface area (Å²) in [6, 6.07) is 0. The van der Waals surface area contributed by atoms with Crippen LogP contribution in [0.3, 0.4) is 0 Å². The molecule has 0 aromatic carbocycles. The summed E-state index contributed by atoms with van der Waals surface area (Å²) in [4.78, 5) is 0. The van der Waals surface area contributed by atoms with Gasteiger partial charge < -0.3 is 0 Å². The molecule has 7 heteroatoms. The number of allylic oxidation sites excluding steroid dienone is 2. The van der Waals surface area contributed by atoms with Crippen molar-refractivity contribution in [2.45, 2.75) is 32.1 Å².